The van der Waals surface area contributed by atoms with Crippen LogP contribution >= 0.6 is 11.3 Å². The van der Waals surface area contributed by atoms with Gasteiger partial charge in [0.25, 0.3) is 5.78 Å². The maximum atomic E-state index is 13.6. The third kappa shape index (κ3) is 4.68. The summed E-state index contributed by atoms with van der Waals surface area (Å²) in [5, 5.41) is 11.9. The molecule has 1 atom stereocenters. The number of aliphatic hydroxyl groups is 1. The van der Waals surface area contributed by atoms with Crippen LogP contribution in [0.3, 0.4) is 0 Å². The summed E-state index contributed by atoms with van der Waals surface area (Å²) >= 11 is 1.34. The van der Waals surface area contributed by atoms with Crippen molar-refractivity contribution in [2.24, 2.45) is 0 Å². The fourth-order valence-corrected chi connectivity index (χ4v) is 6.09. The van der Waals surface area contributed by atoms with Gasteiger partial charge in [0, 0.05) is 5.56 Å². The maximum absolute atomic E-state index is 13.6. The van der Waals surface area contributed by atoms with Crippen LogP contribution in [0.2, 0.25) is 0 Å². The van der Waals surface area contributed by atoms with E-state index in [0.717, 1.165) is 26.9 Å². The van der Waals surface area contributed by atoms with E-state index in [1.807, 2.05) is 32.9 Å². The SMILES string of the molecule is C=CCOc1cccc([C@@H]2C(=C(O)c3ccc(OC)c(C)c3)C(=O)C(=O)N2c2nc3c(C)cc(C)cc3s2)c1. The molecule has 5 rings (SSSR count). The van der Waals surface area contributed by atoms with Crippen LogP contribution in [0.15, 0.2) is 72.8 Å². The van der Waals surface area contributed by atoms with Gasteiger partial charge in [-0.2, -0.15) is 0 Å². The Morgan fingerprint density at radius 1 is 1.10 bits per heavy atom. The topological polar surface area (TPSA) is 89.0 Å². The lowest BCUT2D eigenvalue weighted by molar-refractivity contribution is -0.132. The predicted molar refractivity (Wildman–Crippen MR) is 154 cm³/mol. The van der Waals surface area contributed by atoms with Gasteiger partial charge in [-0.05, 0) is 79.4 Å². The van der Waals surface area contributed by atoms with Crippen molar-refractivity contribution in [1.29, 1.82) is 0 Å². The number of Topliss-reactive ketones (excluding diaryl/α,β-unsaturated/α-hetero) is 1. The van der Waals surface area contributed by atoms with Gasteiger partial charge < -0.3 is 14.6 Å². The molecule has 8 heteroatoms. The summed E-state index contributed by atoms with van der Waals surface area (Å²) in [5.74, 6) is -0.602. The van der Waals surface area contributed by atoms with Crippen LogP contribution < -0.4 is 14.4 Å². The molecule has 1 aliphatic rings. The normalized spacial score (nSPS) is 16.6. The Bertz CT molecular complexity index is 1670. The number of amides is 1. The van der Waals surface area contributed by atoms with E-state index in [4.69, 9.17) is 14.5 Å². The smallest absolute Gasteiger partial charge is 0.301 e. The molecule has 7 nitrogen and oxygen atoms in total. The molecule has 1 fully saturated rings. The second-order valence-electron chi connectivity index (χ2n) is 9.45. The average Bonchev–Trinajstić information content (AvgIpc) is 3.45. The molecule has 4 aromatic rings. The Morgan fingerprint density at radius 3 is 2.62 bits per heavy atom. The van der Waals surface area contributed by atoms with Crippen molar-refractivity contribution in [3.8, 4) is 11.5 Å². The maximum Gasteiger partial charge on any atom is 0.301 e. The summed E-state index contributed by atoms with van der Waals surface area (Å²) in [5.41, 5.74) is 4.61. The molecule has 39 heavy (non-hydrogen) atoms. The molecule has 0 bridgehead atoms. The number of hydrogen-bond donors (Lipinski definition) is 1. The molecule has 3 aromatic carbocycles. The molecule has 0 radical (unpaired) electrons. The minimum Gasteiger partial charge on any atom is -0.507 e. The quantitative estimate of drug-likeness (QED) is 0.126. The van der Waals surface area contributed by atoms with Crippen LogP contribution in [0.4, 0.5) is 5.13 Å². The lowest BCUT2D eigenvalue weighted by atomic mass is 9.94. The van der Waals surface area contributed by atoms with E-state index in [-0.39, 0.29) is 11.3 Å². The van der Waals surface area contributed by atoms with E-state index in [1.165, 1.54) is 16.2 Å². The van der Waals surface area contributed by atoms with E-state index >= 15 is 0 Å². The largest absolute Gasteiger partial charge is 0.507 e. The predicted octanol–water partition coefficient (Wildman–Crippen LogP) is 6.42. The third-order valence-corrected chi connectivity index (χ3v) is 7.68. The van der Waals surface area contributed by atoms with Gasteiger partial charge in [-0.25, -0.2) is 4.98 Å². The number of thiazole rings is 1. The van der Waals surface area contributed by atoms with Crippen LogP contribution in [0.5, 0.6) is 11.5 Å². The first-order chi connectivity index (χ1) is 18.7. The number of methoxy groups -OCH3 is 1. The second-order valence-corrected chi connectivity index (χ2v) is 10.5. The highest BCUT2D eigenvalue weighted by atomic mass is 32.1. The Kier molecular flexibility index (Phi) is 6.97. The standard InChI is InChI=1S/C31H28N2O5S/c1-6-12-38-22-9-7-8-20(16-22)27-25(28(34)21-10-11-23(37-5)18(3)15-21)29(35)30(36)33(27)31-32-26-19(4)13-17(2)14-24(26)39-31/h6-11,13-16,27,34H,1,12H2,2-5H3/t27-/m1/s1. The van der Waals surface area contributed by atoms with Crippen molar-refractivity contribution in [3.05, 3.63) is 101 Å². The molecule has 1 saturated heterocycles. The van der Waals surface area contributed by atoms with E-state index in [0.29, 0.717) is 34.4 Å². The molecular formula is C31H28N2O5S. The van der Waals surface area contributed by atoms with Crippen molar-refractivity contribution in [1.82, 2.24) is 4.98 Å². The lowest BCUT2D eigenvalue weighted by Gasteiger charge is -2.23. The number of carbonyl (C=O) groups is 2. The highest BCUT2D eigenvalue weighted by Crippen LogP contribution is 2.45. The fraction of sp³-hybridized carbons (Fsp3) is 0.194. The van der Waals surface area contributed by atoms with Crippen molar-refractivity contribution in [2.75, 3.05) is 18.6 Å². The van der Waals surface area contributed by atoms with E-state index in [9.17, 15) is 14.7 Å². The molecule has 1 aliphatic heterocycles. The fourth-order valence-electron chi connectivity index (χ4n) is 4.92. The number of carbonyl (C=O) groups excluding carboxylic acids is 2. The number of benzene rings is 3. The minimum absolute atomic E-state index is 0.0161. The number of hydrogen-bond acceptors (Lipinski definition) is 7. The highest BCUT2D eigenvalue weighted by Gasteiger charge is 2.48. The summed E-state index contributed by atoms with van der Waals surface area (Å²) in [6, 6.07) is 15.4. The number of aliphatic hydroxyl groups excluding tert-OH is 1. The number of aryl methyl sites for hydroxylation is 3. The molecule has 0 saturated carbocycles. The van der Waals surface area contributed by atoms with Crippen LogP contribution in [-0.2, 0) is 9.59 Å². The summed E-state index contributed by atoms with van der Waals surface area (Å²) < 4.78 is 12.0. The van der Waals surface area contributed by atoms with Gasteiger partial charge in [0.2, 0.25) is 0 Å². The van der Waals surface area contributed by atoms with Crippen LogP contribution in [0, 0.1) is 20.8 Å². The molecule has 1 aromatic heterocycles. The number of rotatable bonds is 7. The van der Waals surface area contributed by atoms with Crippen LogP contribution in [0.1, 0.15) is 33.9 Å². The summed E-state index contributed by atoms with van der Waals surface area (Å²) in [6.45, 7) is 9.80. The highest BCUT2D eigenvalue weighted by molar-refractivity contribution is 7.22. The third-order valence-electron chi connectivity index (χ3n) is 6.68. The number of nitrogens with zero attached hydrogens (tertiary/aromatic N) is 2. The first kappa shape index (κ1) is 26.2. The lowest BCUT2D eigenvalue weighted by Crippen LogP contribution is -2.29. The second kappa shape index (κ2) is 10.4. The number of fused-ring (bicyclic) bond motifs is 1. The number of ketones is 1. The summed E-state index contributed by atoms with van der Waals surface area (Å²) in [7, 11) is 1.57. The number of aromatic nitrogens is 1. The molecule has 0 unspecified atom stereocenters. The van der Waals surface area contributed by atoms with Crippen molar-refractivity contribution < 1.29 is 24.2 Å². The number of anilines is 1. The molecule has 0 aliphatic carbocycles. The summed E-state index contributed by atoms with van der Waals surface area (Å²) in [6.07, 6.45) is 1.64. The minimum atomic E-state index is -0.915. The zero-order chi connectivity index (χ0) is 27.8. The van der Waals surface area contributed by atoms with Gasteiger partial charge in [0.05, 0.1) is 28.9 Å². The van der Waals surface area contributed by atoms with Crippen molar-refractivity contribution in [3.63, 3.8) is 0 Å². The Hall–Kier alpha value is -4.43. The zero-order valence-electron chi connectivity index (χ0n) is 22.1. The monoisotopic (exact) mass is 540 g/mol. The van der Waals surface area contributed by atoms with Gasteiger partial charge >= 0.3 is 5.91 Å². The molecular weight excluding hydrogens is 512 g/mol. The van der Waals surface area contributed by atoms with Gasteiger partial charge in [0.15, 0.2) is 5.13 Å². The Balaban J connectivity index is 1.73. The van der Waals surface area contributed by atoms with Gasteiger partial charge in [0.1, 0.15) is 23.9 Å². The molecule has 0 spiro atoms. The molecule has 2 heterocycles. The van der Waals surface area contributed by atoms with E-state index in [1.54, 1.807) is 55.7 Å². The first-order valence-corrected chi connectivity index (χ1v) is 13.2. The molecule has 1 amide bonds. The van der Waals surface area contributed by atoms with E-state index in [2.05, 4.69) is 6.58 Å². The van der Waals surface area contributed by atoms with Gasteiger partial charge in [-0.3, -0.25) is 14.5 Å². The molecule has 198 valence electrons. The molecule has 1 N–H and O–H groups in total. The first-order valence-electron chi connectivity index (χ1n) is 12.4. The summed E-state index contributed by atoms with van der Waals surface area (Å²) in [4.78, 5) is 33.4. The van der Waals surface area contributed by atoms with Crippen molar-refractivity contribution in [2.45, 2.75) is 26.8 Å². The van der Waals surface area contributed by atoms with Crippen LogP contribution in [0.25, 0.3) is 16.0 Å². The zero-order valence-corrected chi connectivity index (χ0v) is 23.0. The Labute approximate surface area is 230 Å². The Morgan fingerprint density at radius 2 is 1.90 bits per heavy atom. The van der Waals surface area contributed by atoms with Crippen LogP contribution in [-0.4, -0.2) is 35.5 Å². The number of ether oxygens (including phenoxy) is 2. The van der Waals surface area contributed by atoms with Crippen molar-refractivity contribution >= 4 is 44.1 Å². The average molecular weight is 541 g/mol. The van der Waals surface area contributed by atoms with Gasteiger partial charge in [-0.15, -0.1) is 0 Å². The van der Waals surface area contributed by atoms with E-state index < -0.39 is 17.7 Å². The van der Waals surface area contributed by atoms with Gasteiger partial charge in [-0.1, -0.05) is 42.2 Å².